The molecule has 27 heavy (non-hydrogen) atoms. The van der Waals surface area contributed by atoms with Gasteiger partial charge in [0.05, 0.1) is 16.9 Å². The Balaban J connectivity index is 0.00000261. The standard InChI is InChI=1S/C18H18F2N2O3S.ClH/c1-26(24,25)14-4-2-3-11(7-14)17(22-18(23)13-9-21-10-13)12-5-6-15(19)16(20)8-12;/h2-8,13,17,21H,9-10H2,1H3,(H,22,23);1H. The lowest BCUT2D eigenvalue weighted by molar-refractivity contribution is -0.126. The smallest absolute Gasteiger partial charge is 0.226 e. The van der Waals surface area contributed by atoms with E-state index in [4.69, 9.17) is 0 Å². The first-order valence-corrected chi connectivity index (χ1v) is 9.91. The van der Waals surface area contributed by atoms with Gasteiger partial charge in [-0.05, 0) is 35.4 Å². The van der Waals surface area contributed by atoms with Crippen LogP contribution in [0.5, 0.6) is 0 Å². The average molecular weight is 417 g/mol. The van der Waals surface area contributed by atoms with Crippen molar-refractivity contribution in [3.63, 3.8) is 0 Å². The normalized spacial score (nSPS) is 15.4. The molecule has 2 aromatic rings. The van der Waals surface area contributed by atoms with Crippen LogP contribution in [0, 0.1) is 17.6 Å². The molecule has 1 fully saturated rings. The van der Waals surface area contributed by atoms with E-state index in [1.165, 1.54) is 18.2 Å². The van der Waals surface area contributed by atoms with E-state index in [1.54, 1.807) is 12.1 Å². The number of rotatable bonds is 5. The van der Waals surface area contributed by atoms with E-state index >= 15 is 0 Å². The number of hydrogen-bond donors (Lipinski definition) is 2. The first kappa shape index (κ1) is 21.3. The van der Waals surface area contributed by atoms with E-state index in [9.17, 15) is 22.0 Å². The van der Waals surface area contributed by atoms with Crippen molar-refractivity contribution in [1.29, 1.82) is 0 Å². The number of benzene rings is 2. The van der Waals surface area contributed by atoms with E-state index < -0.39 is 27.5 Å². The first-order valence-electron chi connectivity index (χ1n) is 8.02. The van der Waals surface area contributed by atoms with Gasteiger partial charge < -0.3 is 10.6 Å². The summed E-state index contributed by atoms with van der Waals surface area (Å²) in [5, 5.41) is 5.80. The number of sulfone groups is 1. The fraction of sp³-hybridized carbons (Fsp3) is 0.278. The van der Waals surface area contributed by atoms with Gasteiger partial charge in [-0.2, -0.15) is 0 Å². The Morgan fingerprint density at radius 2 is 1.78 bits per heavy atom. The highest BCUT2D eigenvalue weighted by molar-refractivity contribution is 7.90. The predicted molar refractivity (Wildman–Crippen MR) is 99.5 cm³/mol. The number of hydrogen-bond acceptors (Lipinski definition) is 4. The summed E-state index contributed by atoms with van der Waals surface area (Å²) in [7, 11) is -3.45. The van der Waals surface area contributed by atoms with Crippen LogP contribution in [0.1, 0.15) is 17.2 Å². The molecule has 1 unspecified atom stereocenters. The SMILES string of the molecule is CS(=O)(=O)c1cccc(C(NC(=O)C2CNC2)c2ccc(F)c(F)c2)c1.Cl. The second-order valence-corrected chi connectivity index (χ2v) is 8.33. The Bertz CT molecular complexity index is 949. The molecule has 1 amide bonds. The summed E-state index contributed by atoms with van der Waals surface area (Å²) >= 11 is 0. The van der Waals surface area contributed by atoms with Gasteiger partial charge in [-0.15, -0.1) is 12.4 Å². The molecule has 0 radical (unpaired) electrons. The zero-order valence-corrected chi connectivity index (χ0v) is 16.0. The van der Waals surface area contributed by atoms with Crippen molar-refractivity contribution >= 4 is 28.2 Å². The van der Waals surface area contributed by atoms with Gasteiger partial charge in [0, 0.05) is 19.3 Å². The zero-order chi connectivity index (χ0) is 18.9. The van der Waals surface area contributed by atoms with Crippen molar-refractivity contribution < 1.29 is 22.0 Å². The van der Waals surface area contributed by atoms with Crippen LogP contribution in [-0.2, 0) is 14.6 Å². The summed E-state index contributed by atoms with van der Waals surface area (Å²) in [4.78, 5) is 12.5. The second kappa shape index (κ2) is 8.33. The minimum atomic E-state index is -3.45. The molecule has 0 saturated carbocycles. The predicted octanol–water partition coefficient (Wildman–Crippen LogP) is 2.22. The molecule has 1 aliphatic rings. The zero-order valence-electron chi connectivity index (χ0n) is 14.4. The van der Waals surface area contributed by atoms with E-state index in [-0.39, 0.29) is 29.1 Å². The lowest BCUT2D eigenvalue weighted by Crippen LogP contribution is -2.51. The van der Waals surface area contributed by atoms with Crippen molar-refractivity contribution in [3.05, 3.63) is 65.2 Å². The Labute approximate surface area is 162 Å². The Hall–Kier alpha value is -2.03. The molecule has 9 heteroatoms. The first-order chi connectivity index (χ1) is 12.3. The molecule has 0 bridgehead atoms. The topological polar surface area (TPSA) is 75.3 Å². The Morgan fingerprint density at radius 3 is 2.33 bits per heavy atom. The highest BCUT2D eigenvalue weighted by Gasteiger charge is 2.28. The van der Waals surface area contributed by atoms with Crippen LogP contribution in [0.2, 0.25) is 0 Å². The van der Waals surface area contributed by atoms with Gasteiger partial charge in [-0.3, -0.25) is 4.79 Å². The molecule has 1 atom stereocenters. The highest BCUT2D eigenvalue weighted by Crippen LogP contribution is 2.26. The average Bonchev–Trinajstić information content (AvgIpc) is 2.53. The van der Waals surface area contributed by atoms with Gasteiger partial charge in [0.15, 0.2) is 21.5 Å². The largest absolute Gasteiger partial charge is 0.345 e. The van der Waals surface area contributed by atoms with Gasteiger partial charge >= 0.3 is 0 Å². The summed E-state index contributed by atoms with van der Waals surface area (Å²) in [6.45, 7) is 1.08. The van der Waals surface area contributed by atoms with E-state index in [0.29, 0.717) is 24.2 Å². The molecule has 3 rings (SSSR count). The molecule has 0 aromatic heterocycles. The molecular weight excluding hydrogens is 398 g/mol. The lowest BCUT2D eigenvalue weighted by Gasteiger charge is -2.29. The van der Waals surface area contributed by atoms with Crippen LogP contribution in [-0.4, -0.2) is 33.7 Å². The van der Waals surface area contributed by atoms with Crippen molar-refractivity contribution in [2.45, 2.75) is 10.9 Å². The highest BCUT2D eigenvalue weighted by atomic mass is 35.5. The van der Waals surface area contributed by atoms with E-state index in [2.05, 4.69) is 10.6 Å². The molecule has 0 aliphatic carbocycles. The molecule has 1 aliphatic heterocycles. The van der Waals surface area contributed by atoms with Gasteiger partial charge in [0.1, 0.15) is 0 Å². The van der Waals surface area contributed by atoms with E-state index in [1.807, 2.05) is 0 Å². The summed E-state index contributed by atoms with van der Waals surface area (Å²) in [6, 6.07) is 8.63. The summed E-state index contributed by atoms with van der Waals surface area (Å²) in [5.74, 6) is -2.47. The maximum atomic E-state index is 13.7. The minimum Gasteiger partial charge on any atom is -0.345 e. The monoisotopic (exact) mass is 416 g/mol. The Morgan fingerprint density at radius 1 is 1.11 bits per heavy atom. The number of nitrogens with one attached hydrogen (secondary N) is 2. The van der Waals surface area contributed by atoms with Crippen LogP contribution in [0.4, 0.5) is 8.78 Å². The van der Waals surface area contributed by atoms with Gasteiger partial charge in [-0.1, -0.05) is 18.2 Å². The molecule has 1 saturated heterocycles. The van der Waals surface area contributed by atoms with Crippen LogP contribution in [0.3, 0.4) is 0 Å². The number of carbonyl (C=O) groups excluding carboxylic acids is 1. The van der Waals surface area contributed by atoms with Crippen molar-refractivity contribution in [2.75, 3.05) is 19.3 Å². The fourth-order valence-corrected chi connectivity index (χ4v) is 3.39. The van der Waals surface area contributed by atoms with Crippen LogP contribution in [0.25, 0.3) is 0 Å². The number of carbonyl (C=O) groups is 1. The van der Waals surface area contributed by atoms with Crippen molar-refractivity contribution in [2.24, 2.45) is 5.92 Å². The molecular formula is C18H19ClF2N2O3S. The van der Waals surface area contributed by atoms with Crippen molar-refractivity contribution in [3.8, 4) is 0 Å². The lowest BCUT2D eigenvalue weighted by atomic mass is 9.96. The summed E-state index contributed by atoms with van der Waals surface area (Å²) in [6.07, 6.45) is 1.08. The number of halogens is 3. The van der Waals surface area contributed by atoms with E-state index in [0.717, 1.165) is 18.4 Å². The van der Waals surface area contributed by atoms with Gasteiger partial charge in [0.2, 0.25) is 5.91 Å². The third kappa shape index (κ3) is 4.82. The molecule has 0 spiro atoms. The van der Waals surface area contributed by atoms with Crippen molar-refractivity contribution in [1.82, 2.24) is 10.6 Å². The maximum Gasteiger partial charge on any atom is 0.226 e. The molecule has 1 heterocycles. The Kier molecular flexibility index (Phi) is 6.56. The minimum absolute atomic E-state index is 0. The molecule has 5 nitrogen and oxygen atoms in total. The summed E-state index contributed by atoms with van der Waals surface area (Å²) < 4.78 is 50.6. The third-order valence-electron chi connectivity index (χ3n) is 4.34. The van der Waals surface area contributed by atoms with Crippen LogP contribution >= 0.6 is 12.4 Å². The second-order valence-electron chi connectivity index (χ2n) is 6.31. The molecule has 146 valence electrons. The third-order valence-corrected chi connectivity index (χ3v) is 5.45. The number of amides is 1. The summed E-state index contributed by atoms with van der Waals surface area (Å²) in [5.41, 5.74) is 0.801. The molecule has 2 aromatic carbocycles. The maximum absolute atomic E-state index is 13.7. The quantitative estimate of drug-likeness (QED) is 0.783. The fourth-order valence-electron chi connectivity index (χ4n) is 2.71. The van der Waals surface area contributed by atoms with Crippen LogP contribution in [0.15, 0.2) is 47.4 Å². The molecule has 2 N–H and O–H groups in total. The van der Waals surface area contributed by atoms with Crippen LogP contribution < -0.4 is 10.6 Å². The van der Waals surface area contributed by atoms with Gasteiger partial charge in [0.25, 0.3) is 0 Å². The van der Waals surface area contributed by atoms with Gasteiger partial charge in [-0.25, -0.2) is 17.2 Å².